The molecule has 0 spiro atoms. The molecule has 1 saturated heterocycles. The van der Waals surface area contributed by atoms with Gasteiger partial charge in [0.15, 0.2) is 0 Å². The molecule has 1 atom stereocenters. The van der Waals surface area contributed by atoms with E-state index in [9.17, 15) is 22.5 Å². The first-order chi connectivity index (χ1) is 16.4. The molecule has 3 aromatic rings. The van der Waals surface area contributed by atoms with Crippen molar-refractivity contribution in [2.75, 3.05) is 11.3 Å². The van der Waals surface area contributed by atoms with Gasteiger partial charge in [0.1, 0.15) is 11.8 Å². The van der Waals surface area contributed by atoms with E-state index in [1.54, 1.807) is 30.3 Å². The zero-order valence-corrected chi connectivity index (χ0v) is 19.0. The fourth-order valence-electron chi connectivity index (χ4n) is 4.42. The Hall–Kier alpha value is -3.16. The summed E-state index contributed by atoms with van der Waals surface area (Å²) in [6, 6.07) is 13.6. The zero-order chi connectivity index (χ0) is 23.9. The molecule has 34 heavy (non-hydrogen) atoms. The Morgan fingerprint density at radius 3 is 2.56 bits per heavy atom. The lowest BCUT2D eigenvalue weighted by Gasteiger charge is -2.16. The number of sulfonamides is 1. The van der Waals surface area contributed by atoms with Crippen molar-refractivity contribution in [3.63, 3.8) is 0 Å². The predicted molar refractivity (Wildman–Crippen MR) is 123 cm³/mol. The summed E-state index contributed by atoms with van der Waals surface area (Å²) in [5.41, 5.74) is 2.78. The number of nitrogens with one attached hydrogen (secondary N) is 1. The van der Waals surface area contributed by atoms with E-state index in [2.05, 4.69) is 15.5 Å². The third kappa shape index (κ3) is 4.45. The number of hydrogen-bond donors (Lipinski definition) is 1. The third-order valence-electron chi connectivity index (χ3n) is 6.16. The maximum absolute atomic E-state index is 12.8. The van der Waals surface area contributed by atoms with Crippen LogP contribution in [0.3, 0.4) is 0 Å². The maximum atomic E-state index is 12.8. The molecule has 5 rings (SSSR count). The molecule has 10 heteroatoms. The van der Waals surface area contributed by atoms with E-state index in [0.717, 1.165) is 12.8 Å². The molecule has 1 unspecified atom stereocenters. The van der Waals surface area contributed by atoms with Crippen LogP contribution >= 0.6 is 0 Å². The monoisotopic (exact) mass is 487 g/mol. The van der Waals surface area contributed by atoms with Crippen molar-refractivity contribution in [3.8, 4) is 23.1 Å². The summed E-state index contributed by atoms with van der Waals surface area (Å²) in [7, 11) is -3.39. The number of benzene rings is 2. The predicted octanol–water partition coefficient (Wildman–Crippen LogP) is 4.86. The summed E-state index contributed by atoms with van der Waals surface area (Å²) < 4.78 is 65.1. The van der Waals surface area contributed by atoms with Gasteiger partial charge < -0.3 is 14.0 Å². The first-order valence-corrected chi connectivity index (χ1v) is 12.6. The molecule has 2 heterocycles. The molecular weight excluding hydrogens is 464 g/mol. The molecule has 1 N–H and O–H groups in total. The van der Waals surface area contributed by atoms with Gasteiger partial charge in [-0.3, -0.25) is 4.72 Å². The largest absolute Gasteiger partial charge is 0.435 e. The van der Waals surface area contributed by atoms with Gasteiger partial charge in [-0.05, 0) is 55.5 Å². The lowest BCUT2D eigenvalue weighted by atomic mass is 10.1. The van der Waals surface area contributed by atoms with Crippen LogP contribution in [0.2, 0.25) is 0 Å². The van der Waals surface area contributed by atoms with Gasteiger partial charge in [0.25, 0.3) is 0 Å². The van der Waals surface area contributed by atoms with Crippen molar-refractivity contribution in [1.29, 1.82) is 5.26 Å². The Morgan fingerprint density at radius 2 is 1.94 bits per heavy atom. The number of fused-ring (bicyclic) bond motifs is 1. The highest BCUT2D eigenvalue weighted by Gasteiger charge is 2.35. The lowest BCUT2D eigenvalue weighted by Crippen LogP contribution is -2.17. The van der Waals surface area contributed by atoms with E-state index < -0.39 is 16.6 Å². The lowest BCUT2D eigenvalue weighted by molar-refractivity contribution is -0.0497. The molecule has 0 bridgehead atoms. The molecule has 1 aliphatic carbocycles. The minimum absolute atomic E-state index is 0.00876. The fourth-order valence-corrected chi connectivity index (χ4v) is 5.81. The second-order valence-electron chi connectivity index (χ2n) is 8.56. The maximum Gasteiger partial charge on any atom is 0.387 e. The zero-order valence-electron chi connectivity index (χ0n) is 18.2. The quantitative estimate of drug-likeness (QED) is 0.490. The van der Waals surface area contributed by atoms with Crippen molar-refractivity contribution in [2.24, 2.45) is 0 Å². The number of halogens is 2. The van der Waals surface area contributed by atoms with E-state index in [1.165, 1.54) is 12.1 Å². The first-order valence-electron chi connectivity index (χ1n) is 11.1. The standard InChI is InChI=1S/C24H23F2N3O4S/c25-24(26)33-17-7-10-20-21(13-27)23(29(22(20)12-17)14-18-2-1-11-32-18)15-3-5-16(6-4-15)28-34(30,31)19-8-9-19/h3-7,10,12,18-19,24,28H,1-2,8-9,11,14H2. The number of ether oxygens (including phenoxy) is 2. The van der Waals surface area contributed by atoms with Gasteiger partial charge in [-0.1, -0.05) is 12.1 Å². The molecular formula is C24H23F2N3O4S. The number of alkyl halides is 2. The highest BCUT2D eigenvalue weighted by atomic mass is 32.2. The summed E-state index contributed by atoms with van der Waals surface area (Å²) in [5.74, 6) is 0.00876. The fraction of sp³-hybridized carbons (Fsp3) is 0.375. The number of nitriles is 1. The average Bonchev–Trinajstić information content (AvgIpc) is 3.47. The van der Waals surface area contributed by atoms with Crippen molar-refractivity contribution in [2.45, 2.75) is 50.2 Å². The minimum Gasteiger partial charge on any atom is -0.435 e. The third-order valence-corrected chi connectivity index (χ3v) is 8.03. The van der Waals surface area contributed by atoms with Gasteiger partial charge in [0, 0.05) is 30.3 Å². The Kier molecular flexibility index (Phi) is 5.91. The smallest absolute Gasteiger partial charge is 0.387 e. The van der Waals surface area contributed by atoms with Gasteiger partial charge >= 0.3 is 6.61 Å². The Labute approximate surface area is 195 Å². The molecule has 2 aromatic carbocycles. The number of rotatable bonds is 8. The molecule has 178 valence electrons. The van der Waals surface area contributed by atoms with E-state index in [1.807, 2.05) is 4.57 Å². The van der Waals surface area contributed by atoms with Crippen LogP contribution in [0.4, 0.5) is 14.5 Å². The summed E-state index contributed by atoms with van der Waals surface area (Å²) in [4.78, 5) is 0. The van der Waals surface area contributed by atoms with Gasteiger partial charge in [-0.25, -0.2) is 8.42 Å². The van der Waals surface area contributed by atoms with E-state index >= 15 is 0 Å². The van der Waals surface area contributed by atoms with E-state index in [-0.39, 0.29) is 17.1 Å². The number of anilines is 1. The molecule has 7 nitrogen and oxygen atoms in total. The molecule has 2 fully saturated rings. The number of nitrogens with zero attached hydrogens (tertiary/aromatic N) is 2. The Bertz CT molecular complexity index is 1350. The van der Waals surface area contributed by atoms with Crippen molar-refractivity contribution in [3.05, 3.63) is 48.0 Å². The van der Waals surface area contributed by atoms with Gasteiger partial charge in [-0.15, -0.1) is 0 Å². The SMILES string of the molecule is N#Cc1c(-c2ccc(NS(=O)(=O)C3CC3)cc2)n(CC2CCCO2)c2cc(OC(F)F)ccc12. The molecule has 2 aliphatic rings. The minimum atomic E-state index is -3.39. The number of hydrogen-bond acceptors (Lipinski definition) is 5. The normalized spacial score (nSPS) is 18.4. The van der Waals surface area contributed by atoms with Crippen molar-refractivity contribution in [1.82, 2.24) is 4.57 Å². The van der Waals surface area contributed by atoms with E-state index in [4.69, 9.17) is 4.74 Å². The van der Waals surface area contributed by atoms with Crippen LogP contribution < -0.4 is 9.46 Å². The topological polar surface area (TPSA) is 93.4 Å². The van der Waals surface area contributed by atoms with Crippen molar-refractivity contribution < 1.29 is 26.7 Å². The van der Waals surface area contributed by atoms with Crippen molar-refractivity contribution >= 4 is 26.6 Å². The van der Waals surface area contributed by atoms with Crippen LogP contribution in [0, 0.1) is 11.3 Å². The molecule has 0 amide bonds. The molecule has 1 saturated carbocycles. The van der Waals surface area contributed by atoms with Crippen LogP contribution in [0.15, 0.2) is 42.5 Å². The molecule has 0 radical (unpaired) electrons. The second-order valence-corrected chi connectivity index (χ2v) is 10.5. The Balaban J connectivity index is 1.58. The summed E-state index contributed by atoms with van der Waals surface area (Å²) in [6.45, 7) is -1.86. The molecule has 1 aromatic heterocycles. The summed E-state index contributed by atoms with van der Waals surface area (Å²) in [6.07, 6.45) is 3.06. The van der Waals surface area contributed by atoms with E-state index in [0.29, 0.717) is 59.4 Å². The van der Waals surface area contributed by atoms with Gasteiger partial charge in [0.05, 0.1) is 28.1 Å². The second kappa shape index (κ2) is 8.89. The van der Waals surface area contributed by atoms with Crippen LogP contribution in [0.5, 0.6) is 5.75 Å². The summed E-state index contributed by atoms with van der Waals surface area (Å²) >= 11 is 0. The average molecular weight is 488 g/mol. The van der Waals surface area contributed by atoms with Crippen LogP contribution in [0.1, 0.15) is 31.2 Å². The van der Waals surface area contributed by atoms with Gasteiger partial charge in [-0.2, -0.15) is 14.0 Å². The highest BCUT2D eigenvalue weighted by molar-refractivity contribution is 7.93. The first kappa shape index (κ1) is 22.6. The van der Waals surface area contributed by atoms with Crippen LogP contribution in [-0.2, 0) is 21.3 Å². The van der Waals surface area contributed by atoms with Gasteiger partial charge in [0.2, 0.25) is 10.0 Å². The van der Waals surface area contributed by atoms with Crippen LogP contribution in [-0.4, -0.2) is 37.6 Å². The summed E-state index contributed by atoms with van der Waals surface area (Å²) in [5, 5.41) is 10.3. The molecule has 1 aliphatic heterocycles. The highest BCUT2D eigenvalue weighted by Crippen LogP contribution is 2.37. The Morgan fingerprint density at radius 1 is 1.18 bits per heavy atom. The number of aromatic nitrogens is 1. The van der Waals surface area contributed by atoms with Crippen LogP contribution in [0.25, 0.3) is 22.2 Å².